The second kappa shape index (κ2) is 4.96. The summed E-state index contributed by atoms with van der Waals surface area (Å²) in [6.07, 6.45) is 1.48. The Labute approximate surface area is 114 Å². The fraction of sp³-hybridized carbons (Fsp3) is 0.0769. The number of anilines is 1. The van der Waals surface area contributed by atoms with Gasteiger partial charge in [0.25, 0.3) is 5.91 Å². The van der Waals surface area contributed by atoms with E-state index in [9.17, 15) is 4.79 Å². The molecule has 0 aliphatic rings. The van der Waals surface area contributed by atoms with E-state index in [1.54, 1.807) is 37.3 Å². The summed E-state index contributed by atoms with van der Waals surface area (Å²) >= 11 is 0. The first-order valence-corrected chi connectivity index (χ1v) is 5.93. The monoisotopic (exact) mass is 269 g/mol. The lowest BCUT2D eigenvalue weighted by molar-refractivity contribution is 0.0995. The Bertz CT molecular complexity index is 733. The van der Waals surface area contributed by atoms with Crippen molar-refractivity contribution >= 4 is 11.6 Å². The minimum atomic E-state index is -0.299. The van der Waals surface area contributed by atoms with E-state index in [1.165, 1.54) is 11.0 Å². The van der Waals surface area contributed by atoms with Crippen LogP contribution in [0.25, 0.3) is 5.69 Å². The van der Waals surface area contributed by atoms with Gasteiger partial charge in [0.2, 0.25) is 0 Å². The van der Waals surface area contributed by atoms with Gasteiger partial charge in [-0.15, -0.1) is 5.10 Å². The normalized spacial score (nSPS) is 10.4. The molecule has 2 heterocycles. The molecular formula is C13H11N5O2. The zero-order chi connectivity index (χ0) is 13.9. The maximum Gasteiger partial charge on any atom is 0.291 e. The van der Waals surface area contributed by atoms with Crippen LogP contribution in [-0.4, -0.2) is 26.1 Å². The van der Waals surface area contributed by atoms with Gasteiger partial charge in [-0.3, -0.25) is 4.79 Å². The number of nitrogens with one attached hydrogen (secondary N) is 1. The van der Waals surface area contributed by atoms with Crippen molar-refractivity contribution in [3.05, 3.63) is 54.2 Å². The molecule has 0 saturated carbocycles. The Morgan fingerprint density at radius 2 is 2.20 bits per heavy atom. The van der Waals surface area contributed by atoms with Gasteiger partial charge in [-0.1, -0.05) is 6.07 Å². The summed E-state index contributed by atoms with van der Waals surface area (Å²) in [5.41, 5.74) is 1.39. The van der Waals surface area contributed by atoms with Crippen LogP contribution >= 0.6 is 0 Å². The van der Waals surface area contributed by atoms with E-state index in [-0.39, 0.29) is 11.7 Å². The van der Waals surface area contributed by atoms with Crippen molar-refractivity contribution in [2.45, 2.75) is 6.92 Å². The molecule has 3 aromatic rings. The number of aromatic nitrogens is 4. The Morgan fingerprint density at radius 3 is 2.90 bits per heavy atom. The minimum Gasteiger partial charge on any atom is -0.456 e. The van der Waals surface area contributed by atoms with Crippen LogP contribution < -0.4 is 5.32 Å². The van der Waals surface area contributed by atoms with Gasteiger partial charge in [0.1, 0.15) is 12.1 Å². The van der Waals surface area contributed by atoms with Gasteiger partial charge in [-0.2, -0.15) is 0 Å². The molecule has 1 aromatic carbocycles. The Kier molecular flexibility index (Phi) is 3.00. The lowest BCUT2D eigenvalue weighted by atomic mass is 10.2. The standard InChI is InChI=1S/C13H11N5O2/c1-9-5-6-12(20-9)13(19)15-10-3-2-4-11(7-10)18-8-14-16-17-18/h2-8H,1H3,(H,15,19). The number of nitrogens with zero attached hydrogens (tertiary/aromatic N) is 4. The van der Waals surface area contributed by atoms with Crippen molar-refractivity contribution in [3.63, 3.8) is 0 Å². The van der Waals surface area contributed by atoms with Gasteiger partial charge in [0.15, 0.2) is 5.76 Å². The molecular weight excluding hydrogens is 258 g/mol. The Balaban J connectivity index is 1.81. The first kappa shape index (κ1) is 12.1. The van der Waals surface area contributed by atoms with Crippen LogP contribution in [0, 0.1) is 6.92 Å². The smallest absolute Gasteiger partial charge is 0.291 e. The molecule has 7 heteroatoms. The highest BCUT2D eigenvalue weighted by Crippen LogP contribution is 2.15. The van der Waals surface area contributed by atoms with Gasteiger partial charge in [0.05, 0.1) is 5.69 Å². The van der Waals surface area contributed by atoms with E-state index in [1.807, 2.05) is 6.07 Å². The highest BCUT2D eigenvalue weighted by Gasteiger charge is 2.10. The van der Waals surface area contributed by atoms with Gasteiger partial charge < -0.3 is 9.73 Å². The van der Waals surface area contributed by atoms with Crippen LogP contribution in [0.15, 0.2) is 47.1 Å². The molecule has 1 amide bonds. The van der Waals surface area contributed by atoms with Crippen LogP contribution in [0.1, 0.15) is 16.3 Å². The Hall–Kier alpha value is -2.96. The quantitative estimate of drug-likeness (QED) is 0.783. The highest BCUT2D eigenvalue weighted by atomic mass is 16.3. The van der Waals surface area contributed by atoms with Crippen molar-refractivity contribution < 1.29 is 9.21 Å². The third kappa shape index (κ3) is 2.41. The van der Waals surface area contributed by atoms with Crippen LogP contribution in [0.5, 0.6) is 0 Å². The highest BCUT2D eigenvalue weighted by molar-refractivity contribution is 6.02. The number of rotatable bonds is 3. The molecule has 0 radical (unpaired) electrons. The second-order valence-corrected chi connectivity index (χ2v) is 4.17. The predicted molar refractivity (Wildman–Crippen MR) is 70.6 cm³/mol. The summed E-state index contributed by atoms with van der Waals surface area (Å²) in [6.45, 7) is 1.79. The lowest BCUT2D eigenvalue weighted by Gasteiger charge is -2.05. The van der Waals surface area contributed by atoms with Crippen molar-refractivity contribution in [1.82, 2.24) is 20.2 Å². The van der Waals surface area contributed by atoms with Crippen LogP contribution in [-0.2, 0) is 0 Å². The Morgan fingerprint density at radius 1 is 1.30 bits per heavy atom. The molecule has 7 nitrogen and oxygen atoms in total. The molecule has 0 fully saturated rings. The molecule has 0 aliphatic carbocycles. The molecule has 0 atom stereocenters. The summed E-state index contributed by atoms with van der Waals surface area (Å²) < 4.78 is 6.78. The molecule has 0 saturated heterocycles. The summed E-state index contributed by atoms with van der Waals surface area (Å²) in [5.74, 6) is 0.667. The summed E-state index contributed by atoms with van der Waals surface area (Å²) in [5, 5.41) is 13.7. The topological polar surface area (TPSA) is 85.8 Å². The number of amides is 1. The maximum atomic E-state index is 12.0. The summed E-state index contributed by atoms with van der Waals surface area (Å²) in [6, 6.07) is 10.6. The van der Waals surface area contributed by atoms with Gasteiger partial charge >= 0.3 is 0 Å². The first-order chi connectivity index (χ1) is 9.72. The van der Waals surface area contributed by atoms with Gasteiger partial charge in [-0.25, -0.2) is 4.68 Å². The van der Waals surface area contributed by atoms with E-state index < -0.39 is 0 Å². The number of furan rings is 1. The molecule has 0 unspecified atom stereocenters. The molecule has 1 N–H and O–H groups in total. The lowest BCUT2D eigenvalue weighted by Crippen LogP contribution is -2.11. The van der Waals surface area contributed by atoms with E-state index in [0.29, 0.717) is 11.4 Å². The average molecular weight is 269 g/mol. The molecule has 20 heavy (non-hydrogen) atoms. The van der Waals surface area contributed by atoms with Gasteiger partial charge in [-0.05, 0) is 47.7 Å². The second-order valence-electron chi connectivity index (χ2n) is 4.17. The summed E-state index contributed by atoms with van der Waals surface area (Å²) in [7, 11) is 0. The molecule has 0 aliphatic heterocycles. The largest absolute Gasteiger partial charge is 0.456 e. The van der Waals surface area contributed by atoms with Crippen LogP contribution in [0.2, 0.25) is 0 Å². The number of hydrogen-bond acceptors (Lipinski definition) is 5. The molecule has 100 valence electrons. The van der Waals surface area contributed by atoms with E-state index in [4.69, 9.17) is 4.42 Å². The van der Waals surface area contributed by atoms with Gasteiger partial charge in [0, 0.05) is 5.69 Å². The van der Waals surface area contributed by atoms with Crippen LogP contribution in [0.4, 0.5) is 5.69 Å². The number of aryl methyl sites for hydroxylation is 1. The molecule has 2 aromatic heterocycles. The zero-order valence-corrected chi connectivity index (χ0v) is 10.6. The summed E-state index contributed by atoms with van der Waals surface area (Å²) in [4.78, 5) is 12.0. The number of carbonyl (C=O) groups excluding carboxylic acids is 1. The predicted octanol–water partition coefficient (Wildman–Crippen LogP) is 1.82. The fourth-order valence-corrected chi connectivity index (χ4v) is 1.76. The SMILES string of the molecule is Cc1ccc(C(=O)Nc2cccc(-n3cnnn3)c2)o1. The molecule has 0 bridgehead atoms. The molecule has 3 rings (SSSR count). The van der Waals surface area contributed by atoms with E-state index in [0.717, 1.165) is 5.69 Å². The van der Waals surface area contributed by atoms with Crippen molar-refractivity contribution in [2.24, 2.45) is 0 Å². The zero-order valence-electron chi connectivity index (χ0n) is 10.6. The average Bonchev–Trinajstić information content (AvgIpc) is 3.10. The van der Waals surface area contributed by atoms with E-state index in [2.05, 4.69) is 20.8 Å². The minimum absolute atomic E-state index is 0.273. The fourth-order valence-electron chi connectivity index (χ4n) is 1.76. The number of carbonyl (C=O) groups is 1. The number of tetrazole rings is 1. The van der Waals surface area contributed by atoms with E-state index >= 15 is 0 Å². The maximum absolute atomic E-state index is 12.0. The number of hydrogen-bond donors (Lipinski definition) is 1. The molecule has 0 spiro atoms. The third-order valence-electron chi connectivity index (χ3n) is 2.68. The van der Waals surface area contributed by atoms with Crippen LogP contribution in [0.3, 0.4) is 0 Å². The third-order valence-corrected chi connectivity index (χ3v) is 2.68. The van der Waals surface area contributed by atoms with Crippen molar-refractivity contribution in [3.8, 4) is 5.69 Å². The first-order valence-electron chi connectivity index (χ1n) is 5.93. The van der Waals surface area contributed by atoms with Crippen molar-refractivity contribution in [2.75, 3.05) is 5.32 Å². The van der Waals surface area contributed by atoms with Crippen molar-refractivity contribution in [1.29, 1.82) is 0 Å². The number of benzene rings is 1.